The Labute approximate surface area is 129 Å². The van der Waals surface area contributed by atoms with Crippen LogP contribution < -0.4 is 10.5 Å². The number of hydrogen-bond acceptors (Lipinski definition) is 4. The lowest BCUT2D eigenvalue weighted by atomic mass is 10.1. The smallest absolute Gasteiger partial charge is 0.240 e. The largest absolute Gasteiger partial charge is 0.494 e. The van der Waals surface area contributed by atoms with E-state index in [-0.39, 0.29) is 5.95 Å². The van der Waals surface area contributed by atoms with Gasteiger partial charge in [-0.2, -0.15) is 4.98 Å². The summed E-state index contributed by atoms with van der Waals surface area (Å²) in [5.74, 6) is 1.97. The second-order valence-corrected chi connectivity index (χ2v) is 4.89. The summed E-state index contributed by atoms with van der Waals surface area (Å²) in [5.41, 5.74) is 7.85. The molecule has 5 nitrogen and oxygen atoms in total. The molecule has 22 heavy (non-hydrogen) atoms. The first kappa shape index (κ1) is 14.1. The molecule has 0 atom stereocenters. The topological polar surface area (TPSA) is 66.0 Å². The Morgan fingerprint density at radius 3 is 2.45 bits per heavy atom. The van der Waals surface area contributed by atoms with Crippen LogP contribution in [0.1, 0.15) is 18.3 Å². The molecule has 1 heterocycles. The molecule has 0 saturated heterocycles. The van der Waals surface area contributed by atoms with Crippen molar-refractivity contribution in [2.75, 3.05) is 12.3 Å². The number of ether oxygens (including phenoxy) is 1. The maximum Gasteiger partial charge on any atom is 0.240 e. The minimum atomic E-state index is 0.282. The summed E-state index contributed by atoms with van der Waals surface area (Å²) < 4.78 is 7.24. The van der Waals surface area contributed by atoms with Crippen molar-refractivity contribution in [2.24, 2.45) is 0 Å². The van der Waals surface area contributed by atoms with Crippen LogP contribution in [0.2, 0.25) is 0 Å². The maximum absolute atomic E-state index is 5.77. The first-order chi connectivity index (χ1) is 10.8. The highest BCUT2D eigenvalue weighted by molar-refractivity contribution is 5.35. The van der Waals surface area contributed by atoms with Crippen LogP contribution in [0.3, 0.4) is 0 Å². The van der Waals surface area contributed by atoms with Crippen molar-refractivity contribution >= 4 is 5.95 Å². The van der Waals surface area contributed by atoms with E-state index in [0.29, 0.717) is 13.0 Å². The lowest BCUT2D eigenvalue weighted by molar-refractivity contribution is 0.340. The molecule has 2 aromatic carbocycles. The van der Waals surface area contributed by atoms with E-state index < -0.39 is 0 Å². The van der Waals surface area contributed by atoms with E-state index in [0.717, 1.165) is 22.8 Å². The molecule has 0 fully saturated rings. The van der Waals surface area contributed by atoms with Crippen molar-refractivity contribution in [1.82, 2.24) is 14.8 Å². The minimum Gasteiger partial charge on any atom is -0.494 e. The zero-order valence-corrected chi connectivity index (χ0v) is 12.4. The Bertz CT molecular complexity index is 735. The maximum atomic E-state index is 5.77. The Morgan fingerprint density at radius 1 is 1.05 bits per heavy atom. The van der Waals surface area contributed by atoms with Crippen LogP contribution in [0.4, 0.5) is 5.95 Å². The molecule has 0 aliphatic heterocycles. The molecule has 2 N–H and O–H groups in total. The highest BCUT2D eigenvalue weighted by Gasteiger charge is 2.10. The van der Waals surface area contributed by atoms with Gasteiger partial charge in [0.25, 0.3) is 0 Å². The summed E-state index contributed by atoms with van der Waals surface area (Å²) in [6, 6.07) is 17.9. The first-order valence-corrected chi connectivity index (χ1v) is 7.25. The predicted molar refractivity (Wildman–Crippen MR) is 86.2 cm³/mol. The molecule has 3 rings (SSSR count). The van der Waals surface area contributed by atoms with Crippen LogP contribution in [-0.4, -0.2) is 21.4 Å². The summed E-state index contributed by atoms with van der Waals surface area (Å²) in [6.45, 7) is 2.64. The van der Waals surface area contributed by atoms with Gasteiger partial charge in [-0.1, -0.05) is 30.3 Å². The molecule has 0 radical (unpaired) electrons. The number of nitrogens with zero attached hydrogens (tertiary/aromatic N) is 3. The molecule has 0 aliphatic rings. The summed E-state index contributed by atoms with van der Waals surface area (Å²) in [5, 5.41) is 4.28. The second kappa shape index (κ2) is 6.30. The number of hydrogen-bond donors (Lipinski definition) is 1. The van der Waals surface area contributed by atoms with Gasteiger partial charge in [0.15, 0.2) is 0 Å². The Morgan fingerprint density at radius 2 is 1.77 bits per heavy atom. The highest BCUT2D eigenvalue weighted by atomic mass is 16.5. The van der Waals surface area contributed by atoms with Gasteiger partial charge in [-0.05, 0) is 36.8 Å². The third kappa shape index (κ3) is 3.09. The molecular formula is C17H18N4O. The Hall–Kier alpha value is -2.82. The predicted octanol–water partition coefficient (Wildman–Crippen LogP) is 2.84. The van der Waals surface area contributed by atoms with Gasteiger partial charge in [-0.25, -0.2) is 4.68 Å². The van der Waals surface area contributed by atoms with E-state index in [1.807, 2.05) is 61.5 Å². The summed E-state index contributed by atoms with van der Waals surface area (Å²) in [6.07, 6.45) is 0.658. The van der Waals surface area contributed by atoms with Crippen molar-refractivity contribution in [3.63, 3.8) is 0 Å². The van der Waals surface area contributed by atoms with Gasteiger partial charge >= 0.3 is 0 Å². The number of rotatable bonds is 5. The number of nitrogen functional groups attached to an aromatic ring is 1. The lowest BCUT2D eigenvalue weighted by Crippen LogP contribution is -2.04. The zero-order valence-electron chi connectivity index (χ0n) is 12.4. The number of anilines is 1. The quantitative estimate of drug-likeness (QED) is 0.786. The van der Waals surface area contributed by atoms with Crippen molar-refractivity contribution < 1.29 is 4.74 Å². The number of nitrogens with two attached hydrogens (primary N) is 1. The van der Waals surface area contributed by atoms with Gasteiger partial charge < -0.3 is 10.5 Å². The van der Waals surface area contributed by atoms with Gasteiger partial charge in [-0.3, -0.25) is 0 Å². The van der Waals surface area contributed by atoms with E-state index >= 15 is 0 Å². The fraction of sp³-hybridized carbons (Fsp3) is 0.176. The average molecular weight is 294 g/mol. The Balaban J connectivity index is 1.86. The standard InChI is InChI=1S/C17H18N4O/c1-2-22-15-10-8-13(9-11-15)12-16-19-17(18)20-21(16)14-6-4-3-5-7-14/h3-11H,2,12H2,1H3,(H2,18,20). The van der Waals surface area contributed by atoms with Crippen LogP contribution >= 0.6 is 0 Å². The van der Waals surface area contributed by atoms with Crippen LogP contribution in [0.5, 0.6) is 5.75 Å². The van der Waals surface area contributed by atoms with Gasteiger partial charge in [0.2, 0.25) is 5.95 Å². The first-order valence-electron chi connectivity index (χ1n) is 7.25. The van der Waals surface area contributed by atoms with Crippen molar-refractivity contribution in [2.45, 2.75) is 13.3 Å². The van der Waals surface area contributed by atoms with E-state index in [9.17, 15) is 0 Å². The molecule has 112 valence electrons. The fourth-order valence-corrected chi connectivity index (χ4v) is 2.31. The van der Waals surface area contributed by atoms with Gasteiger partial charge in [-0.15, -0.1) is 5.10 Å². The van der Waals surface area contributed by atoms with E-state index in [1.165, 1.54) is 0 Å². The summed E-state index contributed by atoms with van der Waals surface area (Å²) >= 11 is 0. The molecule has 0 unspecified atom stereocenters. The lowest BCUT2D eigenvalue weighted by Gasteiger charge is -2.07. The third-order valence-electron chi connectivity index (χ3n) is 3.29. The van der Waals surface area contributed by atoms with Gasteiger partial charge in [0, 0.05) is 6.42 Å². The minimum absolute atomic E-state index is 0.282. The van der Waals surface area contributed by atoms with Crippen molar-refractivity contribution in [3.8, 4) is 11.4 Å². The van der Waals surface area contributed by atoms with Crippen molar-refractivity contribution in [1.29, 1.82) is 0 Å². The average Bonchev–Trinajstić information content (AvgIpc) is 2.91. The normalized spacial score (nSPS) is 10.6. The van der Waals surface area contributed by atoms with E-state index in [4.69, 9.17) is 10.5 Å². The molecule has 0 spiro atoms. The molecule has 0 saturated carbocycles. The molecule has 1 aromatic heterocycles. The molecule has 0 bridgehead atoms. The summed E-state index contributed by atoms with van der Waals surface area (Å²) in [7, 11) is 0. The molecule has 5 heteroatoms. The molecule has 0 amide bonds. The van der Waals surface area contributed by atoms with E-state index in [2.05, 4.69) is 10.1 Å². The SMILES string of the molecule is CCOc1ccc(Cc2nc(N)nn2-c2ccccc2)cc1. The van der Waals surface area contributed by atoms with Crippen LogP contribution in [0.25, 0.3) is 5.69 Å². The van der Waals surface area contributed by atoms with Gasteiger partial charge in [0.05, 0.1) is 12.3 Å². The zero-order chi connectivity index (χ0) is 15.4. The van der Waals surface area contributed by atoms with Crippen LogP contribution in [-0.2, 0) is 6.42 Å². The third-order valence-corrected chi connectivity index (χ3v) is 3.29. The second-order valence-electron chi connectivity index (χ2n) is 4.89. The van der Waals surface area contributed by atoms with Crippen LogP contribution in [0.15, 0.2) is 54.6 Å². The number of aromatic nitrogens is 3. The monoisotopic (exact) mass is 294 g/mol. The molecule has 0 aliphatic carbocycles. The Kier molecular flexibility index (Phi) is 4.05. The molecule has 3 aromatic rings. The van der Waals surface area contributed by atoms with Crippen LogP contribution in [0, 0.1) is 0 Å². The van der Waals surface area contributed by atoms with Crippen molar-refractivity contribution in [3.05, 3.63) is 66.0 Å². The summed E-state index contributed by atoms with van der Waals surface area (Å²) in [4.78, 5) is 4.34. The number of para-hydroxylation sites is 1. The van der Waals surface area contributed by atoms with E-state index in [1.54, 1.807) is 4.68 Å². The fourth-order valence-electron chi connectivity index (χ4n) is 2.31. The molecular weight excluding hydrogens is 276 g/mol. The van der Waals surface area contributed by atoms with Gasteiger partial charge in [0.1, 0.15) is 11.6 Å². The highest BCUT2D eigenvalue weighted by Crippen LogP contribution is 2.17. The number of benzene rings is 2.